The van der Waals surface area contributed by atoms with Crippen LogP contribution in [0.15, 0.2) is 146 Å². The fourth-order valence-corrected chi connectivity index (χ4v) is 5.39. The zero-order valence-corrected chi connectivity index (χ0v) is 23.2. The summed E-state index contributed by atoms with van der Waals surface area (Å²) in [5.74, 6) is 2.38. The molecule has 6 rings (SSSR count). The average Bonchev–Trinajstić information content (AvgIpc) is 3.04. The number of phenols is 2. The quantitative estimate of drug-likeness (QED) is 0.0839. The van der Waals surface area contributed by atoms with Crippen LogP contribution in [-0.2, 0) is 5.41 Å². The van der Waals surface area contributed by atoms with Gasteiger partial charge in [0.15, 0.2) is 0 Å². The normalized spacial score (nSPS) is 11.2. The van der Waals surface area contributed by atoms with Gasteiger partial charge in [-0.1, -0.05) is 84.9 Å². The highest BCUT2D eigenvalue weighted by atomic mass is 16.5. The minimum absolute atomic E-state index is 0.0156. The molecule has 6 N–H and O–H groups in total. The van der Waals surface area contributed by atoms with E-state index in [1.165, 1.54) is 12.1 Å². The summed E-state index contributed by atoms with van der Waals surface area (Å²) >= 11 is 0. The number of rotatable bonds is 8. The summed E-state index contributed by atoms with van der Waals surface area (Å²) in [6.07, 6.45) is 0. The van der Waals surface area contributed by atoms with E-state index < -0.39 is 5.41 Å². The molecule has 6 heteroatoms. The maximum atomic E-state index is 9.77. The number of ether oxygens (including phenoxy) is 2. The van der Waals surface area contributed by atoms with Gasteiger partial charge in [0.25, 0.3) is 0 Å². The second-order valence-corrected chi connectivity index (χ2v) is 10.2. The predicted molar refractivity (Wildman–Crippen MR) is 170 cm³/mol. The van der Waals surface area contributed by atoms with Crippen LogP contribution in [0.4, 0.5) is 11.4 Å². The molecule has 0 bridgehead atoms. The Morgan fingerprint density at radius 2 is 0.721 bits per heavy atom. The molecule has 0 atom stereocenters. The summed E-state index contributed by atoms with van der Waals surface area (Å²) in [6, 6.07) is 46.4. The minimum atomic E-state index is -0.661. The molecule has 0 saturated carbocycles. The molecule has 0 heterocycles. The van der Waals surface area contributed by atoms with Crippen LogP contribution in [0.3, 0.4) is 0 Å². The van der Waals surface area contributed by atoms with E-state index in [2.05, 4.69) is 48.5 Å². The van der Waals surface area contributed by atoms with Crippen molar-refractivity contribution in [2.45, 2.75) is 5.41 Å². The standard InChI is InChI=1S/C37H30N2O4/c38-33-23-31(19-21-35(33)40)42-29-15-11-27(12-16-29)37(25-7-3-1-4-8-25,26-9-5-2-6-10-26)28-13-17-30(18-14-28)43-32-20-22-36(41)34(39)24-32/h1-24,40-41H,38-39H2. The van der Waals surface area contributed by atoms with E-state index in [4.69, 9.17) is 20.9 Å². The summed E-state index contributed by atoms with van der Waals surface area (Å²) in [5.41, 5.74) is 15.8. The van der Waals surface area contributed by atoms with Gasteiger partial charge >= 0.3 is 0 Å². The molecule has 6 nitrogen and oxygen atoms in total. The van der Waals surface area contributed by atoms with E-state index in [0.29, 0.717) is 23.0 Å². The van der Waals surface area contributed by atoms with Crippen LogP contribution in [0.5, 0.6) is 34.5 Å². The van der Waals surface area contributed by atoms with Gasteiger partial charge in [0, 0.05) is 12.1 Å². The molecule has 0 radical (unpaired) electrons. The van der Waals surface area contributed by atoms with Gasteiger partial charge in [0.05, 0.1) is 16.8 Å². The first kappa shape index (κ1) is 27.3. The fourth-order valence-electron chi connectivity index (χ4n) is 5.39. The first-order valence-corrected chi connectivity index (χ1v) is 13.8. The van der Waals surface area contributed by atoms with E-state index >= 15 is 0 Å². The number of hydrogen-bond acceptors (Lipinski definition) is 6. The van der Waals surface area contributed by atoms with Crippen molar-refractivity contribution in [2.24, 2.45) is 0 Å². The van der Waals surface area contributed by atoms with Crippen LogP contribution in [0.2, 0.25) is 0 Å². The molecule has 0 aliphatic carbocycles. The van der Waals surface area contributed by atoms with Gasteiger partial charge < -0.3 is 31.2 Å². The summed E-state index contributed by atoms with van der Waals surface area (Å²) < 4.78 is 12.1. The van der Waals surface area contributed by atoms with Crippen molar-refractivity contribution in [3.05, 3.63) is 168 Å². The van der Waals surface area contributed by atoms with E-state index in [1.54, 1.807) is 24.3 Å². The zero-order valence-electron chi connectivity index (χ0n) is 23.2. The zero-order chi connectivity index (χ0) is 29.8. The molecular formula is C37H30N2O4. The van der Waals surface area contributed by atoms with Crippen molar-refractivity contribution in [1.29, 1.82) is 0 Å². The van der Waals surface area contributed by atoms with E-state index in [0.717, 1.165) is 22.3 Å². The van der Waals surface area contributed by atoms with Gasteiger partial charge in [-0.05, 0) is 70.8 Å². The van der Waals surface area contributed by atoms with Crippen LogP contribution in [0.25, 0.3) is 0 Å². The Morgan fingerprint density at radius 1 is 0.395 bits per heavy atom. The molecule has 0 amide bonds. The summed E-state index contributed by atoms with van der Waals surface area (Å²) in [7, 11) is 0. The molecule has 6 aromatic rings. The van der Waals surface area contributed by atoms with Crippen molar-refractivity contribution in [3.8, 4) is 34.5 Å². The van der Waals surface area contributed by atoms with Crippen molar-refractivity contribution in [2.75, 3.05) is 11.5 Å². The molecule has 212 valence electrons. The monoisotopic (exact) mass is 566 g/mol. The largest absolute Gasteiger partial charge is 0.506 e. The molecule has 0 aliphatic rings. The molecular weight excluding hydrogens is 536 g/mol. The molecule has 0 spiro atoms. The Balaban J connectivity index is 1.44. The van der Waals surface area contributed by atoms with Crippen LogP contribution in [0, 0.1) is 0 Å². The van der Waals surface area contributed by atoms with Gasteiger partial charge in [-0.25, -0.2) is 0 Å². The molecule has 0 aromatic heterocycles. The van der Waals surface area contributed by atoms with Crippen molar-refractivity contribution in [3.63, 3.8) is 0 Å². The number of nitrogens with two attached hydrogens (primary N) is 2. The molecule has 43 heavy (non-hydrogen) atoms. The topological polar surface area (TPSA) is 111 Å². The summed E-state index contributed by atoms with van der Waals surface area (Å²) in [4.78, 5) is 0. The maximum Gasteiger partial charge on any atom is 0.138 e. The Labute approximate surface area is 250 Å². The van der Waals surface area contributed by atoms with Crippen LogP contribution >= 0.6 is 0 Å². The minimum Gasteiger partial charge on any atom is -0.506 e. The van der Waals surface area contributed by atoms with Crippen molar-refractivity contribution >= 4 is 11.4 Å². The highest BCUT2D eigenvalue weighted by Crippen LogP contribution is 2.46. The highest BCUT2D eigenvalue weighted by molar-refractivity contribution is 5.61. The van der Waals surface area contributed by atoms with E-state index in [-0.39, 0.29) is 22.9 Å². The smallest absolute Gasteiger partial charge is 0.138 e. The number of aromatic hydroxyl groups is 2. The lowest BCUT2D eigenvalue weighted by atomic mass is 9.65. The lowest BCUT2D eigenvalue weighted by molar-refractivity contribution is 0.466. The third-order valence-electron chi connectivity index (χ3n) is 7.46. The first-order chi connectivity index (χ1) is 20.9. The second kappa shape index (κ2) is 11.5. The number of anilines is 2. The van der Waals surface area contributed by atoms with Crippen LogP contribution in [-0.4, -0.2) is 10.2 Å². The van der Waals surface area contributed by atoms with Crippen LogP contribution < -0.4 is 20.9 Å². The number of nitrogen functional groups attached to an aromatic ring is 2. The lowest BCUT2D eigenvalue weighted by Crippen LogP contribution is -2.30. The van der Waals surface area contributed by atoms with E-state index in [9.17, 15) is 10.2 Å². The van der Waals surface area contributed by atoms with Gasteiger partial charge in [-0.3, -0.25) is 0 Å². The average molecular weight is 567 g/mol. The SMILES string of the molecule is Nc1cc(Oc2ccc(C(c3ccccc3)(c3ccccc3)c3ccc(Oc4ccc(O)c(N)c4)cc3)cc2)ccc1O. The Hall–Kier alpha value is -5.88. The third-order valence-corrected chi connectivity index (χ3v) is 7.46. The Morgan fingerprint density at radius 3 is 1.07 bits per heavy atom. The lowest BCUT2D eigenvalue weighted by Gasteiger charge is -2.37. The summed E-state index contributed by atoms with van der Waals surface area (Å²) in [6.45, 7) is 0. The summed E-state index contributed by atoms with van der Waals surface area (Å²) in [5, 5.41) is 19.5. The Bertz CT molecular complexity index is 1700. The van der Waals surface area contributed by atoms with Gasteiger partial charge in [-0.15, -0.1) is 0 Å². The molecule has 0 aliphatic heterocycles. The molecule has 6 aromatic carbocycles. The van der Waals surface area contributed by atoms with Crippen LogP contribution in [0.1, 0.15) is 22.3 Å². The maximum absolute atomic E-state index is 9.77. The number of phenolic OH excluding ortho intramolecular Hbond substituents is 2. The van der Waals surface area contributed by atoms with Gasteiger partial charge in [-0.2, -0.15) is 0 Å². The molecule has 0 unspecified atom stereocenters. The third kappa shape index (κ3) is 5.42. The van der Waals surface area contributed by atoms with E-state index in [1.807, 2.05) is 60.7 Å². The number of hydrogen-bond donors (Lipinski definition) is 4. The predicted octanol–water partition coefficient (Wildman–Crippen LogP) is 8.23. The van der Waals surface area contributed by atoms with Crippen molar-refractivity contribution in [1.82, 2.24) is 0 Å². The number of benzene rings is 6. The highest BCUT2D eigenvalue weighted by Gasteiger charge is 2.38. The van der Waals surface area contributed by atoms with Crippen molar-refractivity contribution < 1.29 is 19.7 Å². The molecule has 0 fully saturated rings. The first-order valence-electron chi connectivity index (χ1n) is 13.8. The second-order valence-electron chi connectivity index (χ2n) is 10.2. The molecule has 0 saturated heterocycles. The fraction of sp³-hybridized carbons (Fsp3) is 0.0270. The van der Waals surface area contributed by atoms with Gasteiger partial charge in [0.1, 0.15) is 34.5 Å². The van der Waals surface area contributed by atoms with Gasteiger partial charge in [0.2, 0.25) is 0 Å². The Kier molecular flexibility index (Phi) is 7.33.